The van der Waals surface area contributed by atoms with Crippen molar-refractivity contribution < 1.29 is 4.79 Å². The highest BCUT2D eigenvalue weighted by Gasteiger charge is 2.29. The first-order valence-electron chi connectivity index (χ1n) is 8.86. The lowest BCUT2D eigenvalue weighted by atomic mass is 10.1. The van der Waals surface area contributed by atoms with Crippen LogP contribution < -0.4 is 5.32 Å². The van der Waals surface area contributed by atoms with Gasteiger partial charge < -0.3 is 10.2 Å². The Balaban J connectivity index is 1.44. The van der Waals surface area contributed by atoms with Crippen molar-refractivity contribution >= 4 is 17.5 Å². The summed E-state index contributed by atoms with van der Waals surface area (Å²) in [5, 5.41) is 4.20. The first kappa shape index (κ1) is 17.9. The molecular formula is C20H24ClN3O. The largest absolute Gasteiger partial charge is 0.339 e. The maximum Gasteiger partial charge on any atom is 0.222 e. The van der Waals surface area contributed by atoms with Crippen LogP contribution in [0.1, 0.15) is 30.4 Å². The number of halogens is 1. The summed E-state index contributed by atoms with van der Waals surface area (Å²) in [6.45, 7) is 2.51. The van der Waals surface area contributed by atoms with E-state index in [9.17, 15) is 4.79 Å². The maximum absolute atomic E-state index is 12.2. The van der Waals surface area contributed by atoms with Crippen LogP contribution in [0.3, 0.4) is 0 Å². The second-order valence-electron chi connectivity index (χ2n) is 6.48. The molecule has 1 aromatic heterocycles. The Morgan fingerprint density at radius 1 is 1.20 bits per heavy atom. The molecule has 4 nitrogen and oxygen atoms in total. The summed E-state index contributed by atoms with van der Waals surface area (Å²) in [6.07, 6.45) is 7.17. The molecule has 5 heteroatoms. The SMILES string of the molecule is O=C1CC[C@@H](CCNCc2cccnc2)N1CCc1ccc(Cl)cc1. The zero-order chi connectivity index (χ0) is 17.5. The standard InChI is InChI=1S/C20H24ClN3O/c21-18-5-3-16(4-6-18)10-13-24-19(7-8-20(24)25)9-12-23-15-17-2-1-11-22-14-17/h1-6,11,14,19,23H,7-10,12-13,15H2/t19-/m0/s1. The molecule has 25 heavy (non-hydrogen) atoms. The fourth-order valence-electron chi connectivity index (χ4n) is 3.31. The normalized spacial score (nSPS) is 17.2. The van der Waals surface area contributed by atoms with Gasteiger partial charge in [-0.1, -0.05) is 29.8 Å². The fourth-order valence-corrected chi connectivity index (χ4v) is 3.43. The second kappa shape index (κ2) is 8.97. The molecule has 0 spiro atoms. The van der Waals surface area contributed by atoms with E-state index in [0.717, 1.165) is 43.9 Å². The van der Waals surface area contributed by atoms with Gasteiger partial charge in [0.1, 0.15) is 0 Å². The predicted octanol–water partition coefficient (Wildman–Crippen LogP) is 3.45. The Kier molecular flexibility index (Phi) is 6.42. The minimum atomic E-state index is 0.284. The Hall–Kier alpha value is -1.91. The lowest BCUT2D eigenvalue weighted by Gasteiger charge is -2.25. The van der Waals surface area contributed by atoms with Crippen molar-refractivity contribution in [3.63, 3.8) is 0 Å². The predicted molar refractivity (Wildman–Crippen MR) is 100 cm³/mol. The quantitative estimate of drug-likeness (QED) is 0.736. The molecule has 0 unspecified atom stereocenters. The summed E-state index contributed by atoms with van der Waals surface area (Å²) in [4.78, 5) is 18.4. The van der Waals surface area contributed by atoms with E-state index in [2.05, 4.69) is 21.3 Å². The highest BCUT2D eigenvalue weighted by Crippen LogP contribution is 2.22. The summed E-state index contributed by atoms with van der Waals surface area (Å²) in [5.74, 6) is 0.284. The van der Waals surface area contributed by atoms with Gasteiger partial charge in [0, 0.05) is 43.0 Å². The Labute approximate surface area is 154 Å². The number of amides is 1. The van der Waals surface area contributed by atoms with Gasteiger partial charge >= 0.3 is 0 Å². The average Bonchev–Trinajstić information content (AvgIpc) is 2.99. The first-order chi connectivity index (χ1) is 12.2. The summed E-state index contributed by atoms with van der Waals surface area (Å²) in [5.41, 5.74) is 2.40. The minimum Gasteiger partial charge on any atom is -0.339 e. The molecular weight excluding hydrogens is 334 g/mol. The average molecular weight is 358 g/mol. The van der Waals surface area contributed by atoms with Gasteiger partial charge in [-0.05, 0) is 55.1 Å². The zero-order valence-electron chi connectivity index (χ0n) is 14.3. The lowest BCUT2D eigenvalue weighted by molar-refractivity contribution is -0.129. The second-order valence-corrected chi connectivity index (χ2v) is 6.92. The van der Waals surface area contributed by atoms with Crippen LogP contribution in [0.2, 0.25) is 5.02 Å². The van der Waals surface area contributed by atoms with E-state index >= 15 is 0 Å². The van der Waals surface area contributed by atoms with Gasteiger partial charge in [0.05, 0.1) is 0 Å². The molecule has 0 bridgehead atoms. The summed E-state index contributed by atoms with van der Waals surface area (Å²) < 4.78 is 0. The van der Waals surface area contributed by atoms with Crippen LogP contribution in [0, 0.1) is 0 Å². The number of carbonyl (C=O) groups is 1. The number of likely N-dealkylation sites (tertiary alicyclic amines) is 1. The molecule has 132 valence electrons. The molecule has 1 amide bonds. The Morgan fingerprint density at radius 3 is 2.80 bits per heavy atom. The van der Waals surface area contributed by atoms with Crippen molar-refractivity contribution in [2.75, 3.05) is 13.1 Å². The number of rotatable bonds is 8. The highest BCUT2D eigenvalue weighted by atomic mass is 35.5. The van der Waals surface area contributed by atoms with Crippen LogP contribution >= 0.6 is 11.6 Å². The molecule has 2 heterocycles. The zero-order valence-corrected chi connectivity index (χ0v) is 15.1. The van der Waals surface area contributed by atoms with Gasteiger partial charge in [-0.25, -0.2) is 0 Å². The van der Waals surface area contributed by atoms with E-state index in [-0.39, 0.29) is 5.91 Å². The van der Waals surface area contributed by atoms with Crippen LogP contribution in [-0.2, 0) is 17.8 Å². The van der Waals surface area contributed by atoms with Crippen LogP contribution in [0.4, 0.5) is 0 Å². The Morgan fingerprint density at radius 2 is 2.04 bits per heavy atom. The molecule has 1 saturated heterocycles. The third kappa shape index (κ3) is 5.28. The van der Waals surface area contributed by atoms with Gasteiger partial charge in [-0.15, -0.1) is 0 Å². The molecule has 1 aromatic carbocycles. The minimum absolute atomic E-state index is 0.284. The number of pyridine rings is 1. The molecule has 3 rings (SSSR count). The van der Waals surface area contributed by atoms with Gasteiger partial charge in [0.2, 0.25) is 5.91 Å². The van der Waals surface area contributed by atoms with E-state index < -0.39 is 0 Å². The third-order valence-electron chi connectivity index (χ3n) is 4.71. The number of nitrogens with one attached hydrogen (secondary N) is 1. The van der Waals surface area contributed by atoms with Gasteiger partial charge in [0.25, 0.3) is 0 Å². The van der Waals surface area contributed by atoms with Gasteiger partial charge in [-0.2, -0.15) is 0 Å². The first-order valence-corrected chi connectivity index (χ1v) is 9.24. The van der Waals surface area contributed by atoms with E-state index in [1.165, 1.54) is 11.1 Å². The number of hydrogen-bond acceptors (Lipinski definition) is 3. The number of aromatic nitrogens is 1. The van der Waals surface area contributed by atoms with E-state index in [1.54, 1.807) is 6.20 Å². The maximum atomic E-state index is 12.2. The van der Waals surface area contributed by atoms with Crippen LogP contribution in [0.5, 0.6) is 0 Å². The summed E-state index contributed by atoms with van der Waals surface area (Å²) in [6, 6.07) is 12.2. The topological polar surface area (TPSA) is 45.2 Å². The highest BCUT2D eigenvalue weighted by molar-refractivity contribution is 6.30. The van der Waals surface area contributed by atoms with E-state index in [0.29, 0.717) is 12.5 Å². The smallest absolute Gasteiger partial charge is 0.222 e. The summed E-state index contributed by atoms with van der Waals surface area (Å²) in [7, 11) is 0. The fraction of sp³-hybridized carbons (Fsp3) is 0.400. The molecule has 1 N–H and O–H groups in total. The number of benzene rings is 1. The van der Waals surface area contributed by atoms with Crippen LogP contribution in [0.25, 0.3) is 0 Å². The van der Waals surface area contributed by atoms with Crippen molar-refractivity contribution in [1.82, 2.24) is 15.2 Å². The van der Waals surface area contributed by atoms with Crippen molar-refractivity contribution in [1.29, 1.82) is 0 Å². The van der Waals surface area contributed by atoms with Crippen molar-refractivity contribution in [3.8, 4) is 0 Å². The molecule has 1 fully saturated rings. The molecule has 0 radical (unpaired) electrons. The van der Waals surface area contributed by atoms with Crippen LogP contribution in [-0.4, -0.2) is 34.9 Å². The number of nitrogens with zero attached hydrogens (tertiary/aromatic N) is 2. The number of carbonyl (C=O) groups excluding carboxylic acids is 1. The third-order valence-corrected chi connectivity index (χ3v) is 4.97. The molecule has 0 saturated carbocycles. The molecule has 2 aromatic rings. The van der Waals surface area contributed by atoms with Crippen molar-refractivity contribution in [2.24, 2.45) is 0 Å². The Bertz CT molecular complexity index is 675. The van der Waals surface area contributed by atoms with Crippen molar-refractivity contribution in [2.45, 2.75) is 38.3 Å². The molecule has 1 aliphatic rings. The van der Waals surface area contributed by atoms with Crippen LogP contribution in [0.15, 0.2) is 48.8 Å². The van der Waals surface area contributed by atoms with Gasteiger partial charge in [0.15, 0.2) is 0 Å². The molecule has 0 aliphatic carbocycles. The van der Waals surface area contributed by atoms with Gasteiger partial charge in [-0.3, -0.25) is 9.78 Å². The summed E-state index contributed by atoms with van der Waals surface area (Å²) >= 11 is 5.93. The molecule has 1 atom stereocenters. The van der Waals surface area contributed by atoms with E-state index in [4.69, 9.17) is 11.6 Å². The molecule has 1 aliphatic heterocycles. The van der Waals surface area contributed by atoms with E-state index in [1.807, 2.05) is 36.5 Å². The monoisotopic (exact) mass is 357 g/mol. The van der Waals surface area contributed by atoms with Crippen molar-refractivity contribution in [3.05, 3.63) is 64.9 Å². The lowest BCUT2D eigenvalue weighted by Crippen LogP contribution is -2.36. The number of hydrogen-bond donors (Lipinski definition) is 1.